The zero-order valence-corrected chi connectivity index (χ0v) is 16.4. The number of aromatic nitrogens is 1. The molecule has 1 N–H and O–H groups in total. The number of carboxylic acid groups (broad SMARTS) is 1. The van der Waals surface area contributed by atoms with Crippen LogP contribution in [-0.4, -0.2) is 27.9 Å². The topological polar surface area (TPSA) is 87.6 Å². The summed E-state index contributed by atoms with van der Waals surface area (Å²) in [6, 6.07) is 15.7. The summed E-state index contributed by atoms with van der Waals surface area (Å²) in [6.07, 6.45) is 5.03. The molecule has 1 aliphatic heterocycles. The van der Waals surface area contributed by atoms with E-state index in [0.29, 0.717) is 27.8 Å². The number of amides is 2. The Morgan fingerprint density at radius 2 is 1.65 bits per heavy atom. The molecular formula is C25H18N2O4. The van der Waals surface area contributed by atoms with Crippen LogP contribution in [0.5, 0.6) is 0 Å². The van der Waals surface area contributed by atoms with Gasteiger partial charge in [0.2, 0.25) is 11.8 Å². The first-order valence-electron chi connectivity index (χ1n) is 10.3. The summed E-state index contributed by atoms with van der Waals surface area (Å²) in [5, 5.41) is 10.2. The molecule has 0 radical (unpaired) electrons. The van der Waals surface area contributed by atoms with E-state index in [4.69, 9.17) is 0 Å². The lowest BCUT2D eigenvalue weighted by Gasteiger charge is -2.18. The van der Waals surface area contributed by atoms with Crippen molar-refractivity contribution in [3.8, 4) is 11.3 Å². The van der Waals surface area contributed by atoms with E-state index in [0.717, 1.165) is 6.42 Å². The third kappa shape index (κ3) is 2.51. The maximum atomic E-state index is 13.1. The number of allylic oxidation sites excluding steroid dienone is 2. The minimum Gasteiger partial charge on any atom is -0.478 e. The number of rotatable bonds is 3. The minimum atomic E-state index is -1.03. The van der Waals surface area contributed by atoms with Gasteiger partial charge in [-0.15, -0.1) is 0 Å². The minimum absolute atomic E-state index is 0.137. The van der Waals surface area contributed by atoms with Gasteiger partial charge in [-0.2, -0.15) is 0 Å². The smallest absolute Gasteiger partial charge is 0.336 e. The molecule has 3 aromatic rings. The van der Waals surface area contributed by atoms with Gasteiger partial charge in [-0.3, -0.25) is 9.59 Å². The molecule has 6 rings (SSSR count). The third-order valence-electron chi connectivity index (χ3n) is 6.82. The molecule has 6 nitrogen and oxygen atoms in total. The van der Waals surface area contributed by atoms with Crippen LogP contribution in [0.25, 0.3) is 22.2 Å². The number of fused-ring (bicyclic) bond motifs is 6. The highest BCUT2D eigenvalue weighted by molar-refractivity contribution is 6.23. The van der Waals surface area contributed by atoms with Crippen LogP contribution in [0.4, 0.5) is 5.69 Å². The van der Waals surface area contributed by atoms with E-state index in [2.05, 4.69) is 17.1 Å². The molecule has 4 atom stereocenters. The first-order chi connectivity index (χ1) is 15.0. The number of aromatic carboxylic acids is 1. The zero-order valence-electron chi connectivity index (χ0n) is 16.4. The largest absolute Gasteiger partial charge is 0.478 e. The monoisotopic (exact) mass is 410 g/mol. The molecule has 152 valence electrons. The maximum absolute atomic E-state index is 13.1. The number of para-hydroxylation sites is 1. The van der Waals surface area contributed by atoms with Crippen LogP contribution in [0.3, 0.4) is 0 Å². The molecule has 2 amide bonds. The number of anilines is 1. The molecule has 2 aliphatic carbocycles. The fraction of sp³-hybridized carbons (Fsp3) is 0.200. The maximum Gasteiger partial charge on any atom is 0.336 e. The number of hydrogen-bond acceptors (Lipinski definition) is 4. The van der Waals surface area contributed by atoms with Gasteiger partial charge in [0, 0.05) is 10.9 Å². The average Bonchev–Trinajstić information content (AvgIpc) is 3.46. The predicted octanol–water partition coefficient (Wildman–Crippen LogP) is 3.91. The predicted molar refractivity (Wildman–Crippen MR) is 114 cm³/mol. The van der Waals surface area contributed by atoms with Crippen molar-refractivity contribution in [1.29, 1.82) is 0 Å². The quantitative estimate of drug-likeness (QED) is 0.522. The first-order valence-corrected chi connectivity index (χ1v) is 10.3. The Kier molecular flexibility index (Phi) is 3.69. The van der Waals surface area contributed by atoms with Crippen molar-refractivity contribution in [2.75, 3.05) is 4.90 Å². The molecule has 6 heteroatoms. The molecule has 2 fully saturated rings. The molecule has 0 unspecified atom stereocenters. The van der Waals surface area contributed by atoms with Crippen molar-refractivity contribution in [2.45, 2.75) is 6.42 Å². The Morgan fingerprint density at radius 3 is 2.35 bits per heavy atom. The second-order valence-corrected chi connectivity index (χ2v) is 8.44. The van der Waals surface area contributed by atoms with Gasteiger partial charge in [0.1, 0.15) is 0 Å². The highest BCUT2D eigenvalue weighted by Gasteiger charge is 2.59. The molecule has 1 saturated carbocycles. The van der Waals surface area contributed by atoms with Crippen LogP contribution in [0.2, 0.25) is 0 Å². The van der Waals surface area contributed by atoms with Crippen molar-refractivity contribution in [1.82, 2.24) is 4.98 Å². The highest BCUT2D eigenvalue weighted by atomic mass is 16.4. The van der Waals surface area contributed by atoms with Gasteiger partial charge in [-0.1, -0.05) is 42.5 Å². The van der Waals surface area contributed by atoms with Gasteiger partial charge in [-0.25, -0.2) is 14.7 Å². The van der Waals surface area contributed by atoms with E-state index >= 15 is 0 Å². The van der Waals surface area contributed by atoms with Gasteiger partial charge < -0.3 is 5.11 Å². The fourth-order valence-corrected chi connectivity index (χ4v) is 5.46. The molecule has 1 aromatic heterocycles. The Labute approximate surface area is 177 Å². The van der Waals surface area contributed by atoms with Gasteiger partial charge in [0.25, 0.3) is 0 Å². The van der Waals surface area contributed by atoms with E-state index in [1.807, 2.05) is 12.1 Å². The standard InChI is InChI=1S/C25H18N2O4/c28-23-21-14-8-9-15(10-14)22(21)24(29)27(23)16-5-3-4-13(11-16)20-12-18(25(30)31)17-6-1-2-7-19(17)26-20/h1-9,11-12,14-15,21-22H,10H2,(H,30,31)/t14-,15-,21-,22-/m0/s1. The van der Waals surface area contributed by atoms with E-state index in [-0.39, 0.29) is 41.0 Å². The molecule has 3 aliphatic rings. The second-order valence-electron chi connectivity index (χ2n) is 8.44. The van der Waals surface area contributed by atoms with Crippen molar-refractivity contribution < 1.29 is 19.5 Å². The van der Waals surface area contributed by atoms with Crippen molar-refractivity contribution in [3.05, 3.63) is 72.3 Å². The van der Waals surface area contributed by atoms with Gasteiger partial charge in [0.15, 0.2) is 0 Å². The summed E-state index contributed by atoms with van der Waals surface area (Å²) >= 11 is 0. The van der Waals surface area contributed by atoms with Crippen molar-refractivity contribution >= 4 is 34.4 Å². The lowest BCUT2D eigenvalue weighted by molar-refractivity contribution is -0.123. The average molecular weight is 410 g/mol. The van der Waals surface area contributed by atoms with Crippen LogP contribution < -0.4 is 4.90 Å². The lowest BCUT2D eigenvalue weighted by atomic mass is 9.85. The number of pyridine rings is 1. The Bertz CT molecular complexity index is 1300. The summed E-state index contributed by atoms with van der Waals surface area (Å²) in [6.45, 7) is 0. The lowest BCUT2D eigenvalue weighted by Crippen LogP contribution is -2.32. The van der Waals surface area contributed by atoms with Crippen LogP contribution in [0.15, 0.2) is 66.7 Å². The number of carboxylic acids is 1. The number of carbonyl (C=O) groups is 3. The molecule has 2 bridgehead atoms. The summed E-state index contributed by atoms with van der Waals surface area (Å²) < 4.78 is 0. The first kappa shape index (κ1) is 18.0. The highest BCUT2D eigenvalue weighted by Crippen LogP contribution is 2.53. The number of imide groups is 1. The van der Waals surface area contributed by atoms with Crippen molar-refractivity contribution in [2.24, 2.45) is 23.7 Å². The van der Waals surface area contributed by atoms with E-state index < -0.39 is 5.97 Å². The fourth-order valence-electron chi connectivity index (χ4n) is 5.46. The molecule has 31 heavy (non-hydrogen) atoms. The number of carbonyl (C=O) groups excluding carboxylic acids is 2. The Hall–Kier alpha value is -3.80. The summed E-state index contributed by atoms with van der Waals surface area (Å²) in [7, 11) is 0. The normalized spacial score (nSPS) is 26.1. The van der Waals surface area contributed by atoms with E-state index in [1.54, 1.807) is 36.4 Å². The molecule has 2 heterocycles. The summed E-state index contributed by atoms with van der Waals surface area (Å²) in [4.78, 5) is 44.0. The number of nitrogens with zero attached hydrogens (tertiary/aromatic N) is 2. The van der Waals surface area contributed by atoms with Gasteiger partial charge >= 0.3 is 5.97 Å². The Balaban J connectivity index is 1.43. The number of hydrogen-bond donors (Lipinski definition) is 1. The number of benzene rings is 2. The molecular weight excluding hydrogens is 392 g/mol. The summed E-state index contributed by atoms with van der Waals surface area (Å²) in [5.41, 5.74) is 2.39. The zero-order chi connectivity index (χ0) is 21.3. The molecule has 0 spiro atoms. The Morgan fingerprint density at radius 1 is 0.935 bits per heavy atom. The van der Waals surface area contributed by atoms with Crippen LogP contribution >= 0.6 is 0 Å². The molecule has 1 saturated heterocycles. The van der Waals surface area contributed by atoms with Gasteiger partial charge in [0.05, 0.1) is 34.3 Å². The van der Waals surface area contributed by atoms with E-state index in [9.17, 15) is 19.5 Å². The van der Waals surface area contributed by atoms with Crippen LogP contribution in [0.1, 0.15) is 16.8 Å². The third-order valence-corrected chi connectivity index (χ3v) is 6.82. The molecule has 2 aromatic carbocycles. The van der Waals surface area contributed by atoms with E-state index in [1.165, 1.54) is 11.0 Å². The SMILES string of the molecule is O=C(O)c1cc(-c2cccc(N3C(=O)[C@@H]4[C@@H](C3=O)[C@H]3C=C[C@H]4C3)c2)nc2ccccc12. The van der Waals surface area contributed by atoms with Crippen LogP contribution in [0, 0.1) is 23.7 Å². The van der Waals surface area contributed by atoms with Crippen molar-refractivity contribution in [3.63, 3.8) is 0 Å². The van der Waals surface area contributed by atoms with Crippen LogP contribution in [-0.2, 0) is 9.59 Å². The second kappa shape index (κ2) is 6.35. The van der Waals surface area contributed by atoms with Gasteiger partial charge in [-0.05, 0) is 42.5 Å². The summed E-state index contributed by atoms with van der Waals surface area (Å²) in [5.74, 6) is -1.52.